The van der Waals surface area contributed by atoms with Crippen molar-refractivity contribution in [1.82, 2.24) is 0 Å². The van der Waals surface area contributed by atoms with E-state index in [0.717, 1.165) is 12.0 Å². The van der Waals surface area contributed by atoms with Crippen LogP contribution in [0.1, 0.15) is 61.0 Å². The average Bonchev–Trinajstić information content (AvgIpc) is 2.90. The molecule has 0 radical (unpaired) electrons. The van der Waals surface area contributed by atoms with E-state index >= 15 is 0 Å². The predicted octanol–water partition coefficient (Wildman–Crippen LogP) is 6.34. The zero-order chi connectivity index (χ0) is 18.0. The molecule has 25 heavy (non-hydrogen) atoms. The van der Waals surface area contributed by atoms with Crippen molar-refractivity contribution in [3.63, 3.8) is 0 Å². The third-order valence-corrected chi connectivity index (χ3v) is 5.41. The Morgan fingerprint density at radius 3 is 2.36 bits per heavy atom. The van der Waals surface area contributed by atoms with Gasteiger partial charge < -0.3 is 0 Å². The van der Waals surface area contributed by atoms with Crippen molar-refractivity contribution in [3.8, 4) is 0 Å². The zero-order valence-corrected chi connectivity index (χ0v) is 15.8. The molecule has 3 rings (SSSR count). The second kappa shape index (κ2) is 7.00. The zero-order valence-electron chi connectivity index (χ0n) is 15.8. The van der Waals surface area contributed by atoms with Gasteiger partial charge in [0.05, 0.1) is 0 Å². The van der Waals surface area contributed by atoms with Gasteiger partial charge in [0.2, 0.25) is 0 Å². The van der Waals surface area contributed by atoms with E-state index in [9.17, 15) is 4.79 Å². The van der Waals surface area contributed by atoms with E-state index in [2.05, 4.69) is 58.0 Å². The predicted molar refractivity (Wildman–Crippen MR) is 105 cm³/mol. The highest BCUT2D eigenvalue weighted by atomic mass is 16.1. The molecule has 1 aliphatic carbocycles. The summed E-state index contributed by atoms with van der Waals surface area (Å²) in [7, 11) is 0. The highest BCUT2D eigenvalue weighted by Gasteiger charge is 2.35. The number of carbonyl (C=O) groups excluding carboxylic acids is 1. The maximum absolute atomic E-state index is 12.7. The molecule has 0 saturated heterocycles. The van der Waals surface area contributed by atoms with Crippen LogP contribution in [0.4, 0.5) is 0 Å². The summed E-state index contributed by atoms with van der Waals surface area (Å²) in [6.45, 7) is 8.95. The van der Waals surface area contributed by atoms with Crippen LogP contribution in [0.5, 0.6) is 0 Å². The molecule has 2 atom stereocenters. The number of allylic oxidation sites excluding steroid dienone is 2. The van der Waals surface area contributed by atoms with Crippen molar-refractivity contribution in [2.24, 2.45) is 11.3 Å². The van der Waals surface area contributed by atoms with Gasteiger partial charge >= 0.3 is 0 Å². The summed E-state index contributed by atoms with van der Waals surface area (Å²) in [6.07, 6.45) is 4.08. The van der Waals surface area contributed by atoms with Gasteiger partial charge in [-0.15, -0.1) is 0 Å². The van der Waals surface area contributed by atoms with Gasteiger partial charge in [0.1, 0.15) is 0 Å². The molecule has 0 bridgehead atoms. The van der Waals surface area contributed by atoms with Crippen molar-refractivity contribution in [1.29, 1.82) is 0 Å². The standard InChI is InChI=1S/C24H28O/c1-17-10-12-19(13-11-17)18(2)22-16-24(3,4)15-21(22)14-23(25)20-8-6-5-7-9-20/h5-13,16,18,21H,14-15H2,1-4H3. The smallest absolute Gasteiger partial charge is 0.163 e. The number of ketones is 1. The first kappa shape index (κ1) is 17.7. The largest absolute Gasteiger partial charge is 0.294 e. The van der Waals surface area contributed by atoms with E-state index in [4.69, 9.17) is 0 Å². The first-order valence-corrected chi connectivity index (χ1v) is 9.23. The Labute approximate surface area is 151 Å². The Hall–Kier alpha value is -2.15. The normalized spacial score (nSPS) is 20.2. The molecule has 2 aromatic carbocycles. The average molecular weight is 332 g/mol. The minimum absolute atomic E-state index is 0.163. The summed E-state index contributed by atoms with van der Waals surface area (Å²) in [5, 5.41) is 0. The van der Waals surface area contributed by atoms with Gasteiger partial charge in [0.15, 0.2) is 5.78 Å². The van der Waals surface area contributed by atoms with E-state index in [1.165, 1.54) is 16.7 Å². The second-order valence-corrected chi connectivity index (χ2v) is 8.16. The molecule has 1 nitrogen and oxygen atoms in total. The molecule has 0 aromatic heterocycles. The topological polar surface area (TPSA) is 17.1 Å². The van der Waals surface area contributed by atoms with Crippen LogP contribution >= 0.6 is 0 Å². The maximum atomic E-state index is 12.7. The van der Waals surface area contributed by atoms with Gasteiger partial charge in [-0.25, -0.2) is 0 Å². The van der Waals surface area contributed by atoms with E-state index in [1.54, 1.807) is 0 Å². The van der Waals surface area contributed by atoms with E-state index < -0.39 is 0 Å². The third kappa shape index (κ3) is 4.10. The Balaban J connectivity index is 1.82. The summed E-state index contributed by atoms with van der Waals surface area (Å²) in [5.74, 6) is 0.945. The molecule has 2 aromatic rings. The fraction of sp³-hybridized carbons (Fsp3) is 0.375. The molecule has 0 spiro atoms. The van der Waals surface area contributed by atoms with E-state index in [0.29, 0.717) is 18.3 Å². The van der Waals surface area contributed by atoms with Crippen LogP contribution in [0, 0.1) is 18.3 Å². The van der Waals surface area contributed by atoms with Crippen LogP contribution in [-0.2, 0) is 0 Å². The van der Waals surface area contributed by atoms with Gasteiger partial charge in [-0.3, -0.25) is 4.79 Å². The van der Waals surface area contributed by atoms with Crippen molar-refractivity contribution >= 4 is 5.78 Å². The van der Waals surface area contributed by atoms with Gasteiger partial charge in [0.25, 0.3) is 0 Å². The van der Waals surface area contributed by atoms with Gasteiger partial charge in [-0.2, -0.15) is 0 Å². The fourth-order valence-electron chi connectivity index (χ4n) is 4.06. The molecule has 1 heteroatoms. The molecule has 0 N–H and O–H groups in total. The number of benzene rings is 2. The molecule has 1 aliphatic rings. The molecule has 0 aliphatic heterocycles. The Morgan fingerprint density at radius 2 is 1.72 bits per heavy atom. The van der Waals surface area contributed by atoms with Crippen molar-refractivity contribution in [2.45, 2.75) is 46.5 Å². The monoisotopic (exact) mass is 332 g/mol. The summed E-state index contributed by atoms with van der Waals surface area (Å²) in [6, 6.07) is 18.5. The van der Waals surface area contributed by atoms with E-state index in [-0.39, 0.29) is 11.2 Å². The lowest BCUT2D eigenvalue weighted by Gasteiger charge is -2.22. The second-order valence-electron chi connectivity index (χ2n) is 8.16. The highest BCUT2D eigenvalue weighted by molar-refractivity contribution is 5.96. The quantitative estimate of drug-likeness (QED) is 0.461. The maximum Gasteiger partial charge on any atom is 0.163 e. The molecular weight excluding hydrogens is 304 g/mol. The SMILES string of the molecule is Cc1ccc(C(C)C2=CC(C)(C)CC2CC(=O)c2ccccc2)cc1. The van der Waals surface area contributed by atoms with Crippen LogP contribution in [0.3, 0.4) is 0 Å². The summed E-state index contributed by atoms with van der Waals surface area (Å²) in [5.41, 5.74) is 5.04. The van der Waals surface area contributed by atoms with Crippen LogP contribution < -0.4 is 0 Å². The summed E-state index contributed by atoms with van der Waals surface area (Å²) >= 11 is 0. The molecule has 130 valence electrons. The Bertz CT molecular complexity index is 766. The molecule has 0 amide bonds. The lowest BCUT2D eigenvalue weighted by Crippen LogP contribution is -2.14. The molecule has 0 fully saturated rings. The van der Waals surface area contributed by atoms with Crippen LogP contribution in [0.2, 0.25) is 0 Å². The van der Waals surface area contributed by atoms with Gasteiger partial charge in [-0.05, 0) is 30.2 Å². The summed E-state index contributed by atoms with van der Waals surface area (Å²) in [4.78, 5) is 12.7. The minimum atomic E-state index is 0.163. The van der Waals surface area contributed by atoms with Crippen LogP contribution in [0.15, 0.2) is 66.2 Å². The van der Waals surface area contributed by atoms with Gasteiger partial charge in [-0.1, -0.05) is 92.6 Å². The lowest BCUT2D eigenvalue weighted by atomic mass is 9.82. The fourth-order valence-corrected chi connectivity index (χ4v) is 4.06. The number of rotatable bonds is 5. The van der Waals surface area contributed by atoms with Crippen LogP contribution in [0.25, 0.3) is 0 Å². The number of hydrogen-bond acceptors (Lipinski definition) is 1. The first-order valence-electron chi connectivity index (χ1n) is 9.23. The van der Waals surface area contributed by atoms with Crippen molar-refractivity contribution in [3.05, 3.63) is 82.9 Å². The molecule has 2 unspecified atom stereocenters. The molecule has 0 heterocycles. The minimum Gasteiger partial charge on any atom is -0.294 e. The van der Waals surface area contributed by atoms with Gasteiger partial charge in [0, 0.05) is 17.9 Å². The third-order valence-electron chi connectivity index (χ3n) is 5.41. The number of aryl methyl sites for hydroxylation is 1. The lowest BCUT2D eigenvalue weighted by molar-refractivity contribution is 0.0963. The number of carbonyl (C=O) groups is 1. The number of hydrogen-bond donors (Lipinski definition) is 0. The first-order chi connectivity index (χ1) is 11.9. The van der Waals surface area contributed by atoms with E-state index in [1.807, 2.05) is 30.3 Å². The highest BCUT2D eigenvalue weighted by Crippen LogP contribution is 2.46. The van der Waals surface area contributed by atoms with Crippen LogP contribution in [-0.4, -0.2) is 5.78 Å². The Morgan fingerprint density at radius 1 is 1.08 bits per heavy atom. The molecular formula is C24H28O. The molecule has 0 saturated carbocycles. The Kier molecular flexibility index (Phi) is 4.94. The number of Topliss-reactive ketones (excluding diaryl/α,β-unsaturated/α-hetero) is 1. The van der Waals surface area contributed by atoms with Crippen molar-refractivity contribution in [2.75, 3.05) is 0 Å². The van der Waals surface area contributed by atoms with Crippen molar-refractivity contribution < 1.29 is 4.79 Å². The summed E-state index contributed by atoms with van der Waals surface area (Å²) < 4.78 is 0.